The third-order valence-electron chi connectivity index (χ3n) is 3.96. The largest absolute Gasteiger partial charge is 0.393 e. The third kappa shape index (κ3) is 5.02. The van der Waals surface area contributed by atoms with E-state index in [-0.39, 0.29) is 17.4 Å². The molecule has 0 bridgehead atoms. The topological polar surface area (TPSA) is 32.3 Å². The molecule has 1 unspecified atom stereocenters. The van der Waals surface area contributed by atoms with Crippen molar-refractivity contribution in [2.45, 2.75) is 32.0 Å². The highest BCUT2D eigenvalue weighted by molar-refractivity contribution is 5.78. The van der Waals surface area contributed by atoms with Crippen molar-refractivity contribution in [3.8, 4) is 0 Å². The van der Waals surface area contributed by atoms with Crippen molar-refractivity contribution in [2.75, 3.05) is 20.1 Å². The van der Waals surface area contributed by atoms with Gasteiger partial charge in [-0.15, -0.1) is 0 Å². The van der Waals surface area contributed by atoms with Crippen molar-refractivity contribution in [2.24, 2.45) is 5.92 Å². The Kier molecular flexibility index (Phi) is 5.45. The molecule has 1 aliphatic heterocycles. The average Bonchev–Trinajstić information content (AvgIpc) is 2.47. The molecule has 0 saturated carbocycles. The molecule has 6 heteroatoms. The maximum Gasteiger partial charge on any atom is 0.393 e. The predicted octanol–water partition coefficient (Wildman–Crippen LogP) is 2.75. The molecule has 22 heavy (non-hydrogen) atoms. The zero-order valence-corrected chi connectivity index (χ0v) is 12.6. The number of benzene rings is 1. The number of likely N-dealkylation sites (tertiary alicyclic amines) is 1. The monoisotopic (exact) mass is 314 g/mol. The Morgan fingerprint density at radius 1 is 1.27 bits per heavy atom. The van der Waals surface area contributed by atoms with Crippen molar-refractivity contribution >= 4 is 5.91 Å². The van der Waals surface area contributed by atoms with E-state index >= 15 is 0 Å². The van der Waals surface area contributed by atoms with Gasteiger partial charge in [-0.05, 0) is 30.5 Å². The van der Waals surface area contributed by atoms with E-state index in [2.05, 4.69) is 10.2 Å². The molecule has 2 rings (SSSR count). The van der Waals surface area contributed by atoms with Gasteiger partial charge < -0.3 is 5.32 Å². The summed E-state index contributed by atoms with van der Waals surface area (Å²) in [5, 5.41) is 2.68. The number of hydrogen-bond acceptors (Lipinski definition) is 2. The fraction of sp³-hybridized carbons (Fsp3) is 0.562. The maximum absolute atomic E-state index is 12.3. The Morgan fingerprint density at radius 3 is 2.50 bits per heavy atom. The van der Waals surface area contributed by atoms with Gasteiger partial charge in [0.25, 0.3) is 0 Å². The van der Waals surface area contributed by atoms with Gasteiger partial charge in [-0.1, -0.05) is 24.3 Å². The third-order valence-corrected chi connectivity index (χ3v) is 3.96. The number of amides is 1. The summed E-state index contributed by atoms with van der Waals surface area (Å²) in [7, 11) is 1.64. The molecular weight excluding hydrogens is 293 g/mol. The molecule has 1 saturated heterocycles. The van der Waals surface area contributed by atoms with Crippen molar-refractivity contribution in [3.05, 3.63) is 35.4 Å². The summed E-state index contributed by atoms with van der Waals surface area (Å²) in [4.78, 5) is 13.9. The van der Waals surface area contributed by atoms with Gasteiger partial charge in [0.1, 0.15) is 0 Å². The van der Waals surface area contributed by atoms with Crippen LogP contribution in [0.5, 0.6) is 0 Å². The number of nitrogens with one attached hydrogen (secondary N) is 1. The summed E-state index contributed by atoms with van der Waals surface area (Å²) in [5.41, 5.74) is 1.25. The SMILES string of the molecule is CNC(=O)C1CCCN(Cc2ccc(CC(F)(F)F)cc2)C1. The lowest BCUT2D eigenvalue weighted by atomic mass is 9.96. The van der Waals surface area contributed by atoms with Crippen LogP contribution in [0.25, 0.3) is 0 Å². The summed E-state index contributed by atoms with van der Waals surface area (Å²) in [6.45, 7) is 2.28. The second-order valence-corrected chi connectivity index (χ2v) is 5.80. The van der Waals surface area contributed by atoms with Gasteiger partial charge in [-0.25, -0.2) is 0 Å². The lowest BCUT2D eigenvalue weighted by molar-refractivity contribution is -0.127. The Bertz CT molecular complexity index is 499. The summed E-state index contributed by atoms with van der Waals surface area (Å²) in [5.74, 6) is 0.0634. The van der Waals surface area contributed by atoms with Gasteiger partial charge in [0.15, 0.2) is 0 Å². The highest BCUT2D eigenvalue weighted by Gasteiger charge is 2.27. The van der Waals surface area contributed by atoms with Gasteiger partial charge in [-0.3, -0.25) is 9.69 Å². The predicted molar refractivity (Wildman–Crippen MR) is 78.3 cm³/mol. The fourth-order valence-corrected chi connectivity index (χ4v) is 2.87. The Hall–Kier alpha value is -1.56. The van der Waals surface area contributed by atoms with Crippen molar-refractivity contribution in [1.82, 2.24) is 10.2 Å². The number of carbonyl (C=O) groups is 1. The molecule has 1 fully saturated rings. The minimum absolute atomic E-state index is 0.00301. The summed E-state index contributed by atoms with van der Waals surface area (Å²) in [6, 6.07) is 6.54. The van der Waals surface area contributed by atoms with E-state index < -0.39 is 12.6 Å². The van der Waals surface area contributed by atoms with Crippen molar-refractivity contribution in [3.63, 3.8) is 0 Å². The number of nitrogens with zero attached hydrogens (tertiary/aromatic N) is 1. The van der Waals surface area contributed by atoms with E-state index in [0.717, 1.165) is 24.9 Å². The smallest absolute Gasteiger partial charge is 0.359 e. The molecule has 1 amide bonds. The molecule has 1 atom stereocenters. The number of alkyl halides is 3. The van der Waals surface area contributed by atoms with Crippen molar-refractivity contribution < 1.29 is 18.0 Å². The van der Waals surface area contributed by atoms with E-state index in [1.165, 1.54) is 12.1 Å². The molecule has 0 aromatic heterocycles. The first-order valence-corrected chi connectivity index (χ1v) is 7.46. The fourth-order valence-electron chi connectivity index (χ4n) is 2.87. The van der Waals surface area contributed by atoms with Crippen LogP contribution in [0, 0.1) is 5.92 Å². The van der Waals surface area contributed by atoms with Gasteiger partial charge in [0.2, 0.25) is 5.91 Å². The van der Waals surface area contributed by atoms with Gasteiger partial charge in [-0.2, -0.15) is 13.2 Å². The summed E-state index contributed by atoms with van der Waals surface area (Å²) in [6.07, 6.45) is -3.21. The van der Waals surface area contributed by atoms with E-state index in [4.69, 9.17) is 0 Å². The summed E-state index contributed by atoms with van der Waals surface area (Å²) >= 11 is 0. The second kappa shape index (κ2) is 7.13. The molecule has 0 aliphatic carbocycles. The molecule has 1 aromatic rings. The normalized spacial score (nSPS) is 19.9. The zero-order valence-electron chi connectivity index (χ0n) is 12.6. The van der Waals surface area contributed by atoms with Crippen LogP contribution in [0.15, 0.2) is 24.3 Å². The van der Waals surface area contributed by atoms with Crippen LogP contribution in [-0.4, -0.2) is 37.1 Å². The Morgan fingerprint density at radius 2 is 1.91 bits per heavy atom. The highest BCUT2D eigenvalue weighted by atomic mass is 19.4. The number of rotatable bonds is 4. The van der Waals surface area contributed by atoms with E-state index in [1.54, 1.807) is 19.2 Å². The van der Waals surface area contributed by atoms with Gasteiger partial charge in [0, 0.05) is 20.1 Å². The molecule has 0 radical (unpaired) electrons. The van der Waals surface area contributed by atoms with E-state index in [0.29, 0.717) is 13.1 Å². The van der Waals surface area contributed by atoms with Crippen LogP contribution < -0.4 is 5.32 Å². The lowest BCUT2D eigenvalue weighted by Gasteiger charge is -2.31. The Balaban J connectivity index is 1.91. The van der Waals surface area contributed by atoms with Crippen LogP contribution in [0.1, 0.15) is 24.0 Å². The molecule has 1 N–H and O–H groups in total. The number of halogens is 3. The first kappa shape index (κ1) is 16.8. The Labute approximate surface area is 128 Å². The lowest BCUT2D eigenvalue weighted by Crippen LogP contribution is -2.41. The first-order chi connectivity index (χ1) is 10.4. The van der Waals surface area contributed by atoms with Gasteiger partial charge in [0.05, 0.1) is 12.3 Å². The van der Waals surface area contributed by atoms with Crippen LogP contribution in [-0.2, 0) is 17.8 Å². The summed E-state index contributed by atoms with van der Waals surface area (Å²) < 4.78 is 37.0. The van der Waals surface area contributed by atoms with E-state index in [1.807, 2.05) is 0 Å². The molecular formula is C16H21F3N2O. The second-order valence-electron chi connectivity index (χ2n) is 5.80. The molecule has 1 heterocycles. The van der Waals surface area contributed by atoms with Crippen LogP contribution in [0.3, 0.4) is 0 Å². The average molecular weight is 314 g/mol. The standard InChI is InChI=1S/C16H21F3N2O/c1-20-15(22)14-3-2-8-21(11-14)10-13-6-4-12(5-7-13)9-16(17,18)19/h4-7,14H,2-3,8-11H2,1H3,(H,20,22). The molecule has 3 nitrogen and oxygen atoms in total. The molecule has 0 spiro atoms. The van der Waals surface area contributed by atoms with E-state index in [9.17, 15) is 18.0 Å². The van der Waals surface area contributed by atoms with Gasteiger partial charge >= 0.3 is 6.18 Å². The number of carbonyl (C=O) groups excluding carboxylic acids is 1. The molecule has 122 valence electrons. The van der Waals surface area contributed by atoms with Crippen molar-refractivity contribution in [1.29, 1.82) is 0 Å². The minimum atomic E-state index is -4.17. The zero-order chi connectivity index (χ0) is 16.2. The van der Waals surface area contributed by atoms with Crippen LogP contribution in [0.4, 0.5) is 13.2 Å². The molecule has 1 aliphatic rings. The molecule has 1 aromatic carbocycles. The van der Waals surface area contributed by atoms with Crippen LogP contribution >= 0.6 is 0 Å². The quantitative estimate of drug-likeness (QED) is 0.927. The highest BCUT2D eigenvalue weighted by Crippen LogP contribution is 2.22. The number of hydrogen-bond donors (Lipinski definition) is 1. The first-order valence-electron chi connectivity index (χ1n) is 7.46. The van der Waals surface area contributed by atoms with Crippen LogP contribution in [0.2, 0.25) is 0 Å². The number of piperidine rings is 1. The minimum Gasteiger partial charge on any atom is -0.359 e. The maximum atomic E-state index is 12.3.